The number of hydrogen-bond donors (Lipinski definition) is 0. The van der Waals surface area contributed by atoms with Crippen LogP contribution in [0.5, 0.6) is 0 Å². The molecular weight excluding hydrogens is 346 g/mol. The summed E-state index contributed by atoms with van der Waals surface area (Å²) in [6, 6.07) is 10.4. The number of hydrogen-bond acceptors (Lipinski definition) is 4. The first-order chi connectivity index (χ1) is 13.5. The summed E-state index contributed by atoms with van der Waals surface area (Å²) in [6.45, 7) is 6.71. The predicted octanol–water partition coefficient (Wildman–Crippen LogP) is 6.21. The van der Waals surface area contributed by atoms with E-state index in [1.165, 1.54) is 31.2 Å². The van der Waals surface area contributed by atoms with Crippen LogP contribution in [0.1, 0.15) is 50.8 Å². The van der Waals surface area contributed by atoms with Gasteiger partial charge in [0.2, 0.25) is 5.71 Å². The topological polar surface area (TPSA) is 51.8 Å². The lowest BCUT2D eigenvalue weighted by Gasteiger charge is -2.32. The van der Waals surface area contributed by atoms with Crippen molar-refractivity contribution >= 4 is 22.2 Å². The average Bonchev–Trinajstić information content (AvgIpc) is 3.35. The van der Waals surface area contributed by atoms with E-state index in [9.17, 15) is 0 Å². The first-order valence-electron chi connectivity index (χ1n) is 10.2. The molecule has 0 atom stereocenters. The number of pyridine rings is 3. The number of aromatic nitrogens is 3. The van der Waals surface area contributed by atoms with Crippen molar-refractivity contribution in [2.45, 2.75) is 51.9 Å². The predicted molar refractivity (Wildman–Crippen MR) is 112 cm³/mol. The molecule has 5 rings (SSSR count). The van der Waals surface area contributed by atoms with Crippen molar-refractivity contribution in [2.75, 3.05) is 0 Å². The molecule has 28 heavy (non-hydrogen) atoms. The molecule has 4 nitrogen and oxygen atoms in total. The normalized spacial score (nSPS) is 15.7. The van der Waals surface area contributed by atoms with Crippen LogP contribution in [0.15, 0.2) is 47.1 Å². The van der Waals surface area contributed by atoms with Gasteiger partial charge >= 0.3 is 0 Å². The molecule has 0 bridgehead atoms. The van der Waals surface area contributed by atoms with Gasteiger partial charge in [0.15, 0.2) is 5.58 Å². The van der Waals surface area contributed by atoms with E-state index in [4.69, 9.17) is 4.42 Å². The molecule has 1 saturated carbocycles. The Kier molecular flexibility index (Phi) is 3.97. The number of rotatable bonds is 3. The highest BCUT2D eigenvalue weighted by Gasteiger charge is 2.33. The summed E-state index contributed by atoms with van der Waals surface area (Å²) in [4.78, 5) is 13.8. The zero-order valence-corrected chi connectivity index (χ0v) is 16.7. The van der Waals surface area contributed by atoms with Gasteiger partial charge in [-0.3, -0.25) is 9.97 Å². The minimum Gasteiger partial charge on any atom is -0.436 e. The van der Waals surface area contributed by atoms with Crippen LogP contribution in [0.2, 0.25) is 0 Å². The largest absolute Gasteiger partial charge is 0.436 e. The Labute approximate surface area is 165 Å². The van der Waals surface area contributed by atoms with Crippen LogP contribution in [-0.4, -0.2) is 15.0 Å². The quantitative estimate of drug-likeness (QED) is 0.429. The fourth-order valence-electron chi connectivity index (χ4n) is 4.63. The lowest BCUT2D eigenvalue weighted by Crippen LogP contribution is -2.26. The second kappa shape index (κ2) is 6.40. The second-order valence-corrected chi connectivity index (χ2v) is 8.61. The third-order valence-electron chi connectivity index (χ3n) is 6.49. The summed E-state index contributed by atoms with van der Waals surface area (Å²) in [5.74, 6) is 0.744. The third kappa shape index (κ3) is 2.79. The number of furan rings is 1. The van der Waals surface area contributed by atoms with Crippen LogP contribution in [-0.2, 0) is 5.41 Å². The Morgan fingerprint density at radius 3 is 2.68 bits per heavy atom. The monoisotopic (exact) mass is 371 g/mol. The zero-order chi connectivity index (χ0) is 19.3. The maximum Gasteiger partial charge on any atom is 0.229 e. The van der Waals surface area contributed by atoms with Crippen molar-refractivity contribution in [1.82, 2.24) is 15.0 Å². The Bertz CT molecular complexity index is 1170. The Hall–Kier alpha value is -2.75. The molecule has 0 aromatic carbocycles. The number of nitrogens with zero attached hydrogens (tertiary/aromatic N) is 3. The van der Waals surface area contributed by atoms with Gasteiger partial charge in [-0.2, -0.15) is 0 Å². The van der Waals surface area contributed by atoms with Gasteiger partial charge in [-0.25, -0.2) is 4.98 Å². The molecule has 4 aromatic rings. The first kappa shape index (κ1) is 17.4. The van der Waals surface area contributed by atoms with E-state index in [0.717, 1.165) is 39.4 Å². The summed E-state index contributed by atoms with van der Waals surface area (Å²) >= 11 is 0. The smallest absolute Gasteiger partial charge is 0.229 e. The van der Waals surface area contributed by atoms with Gasteiger partial charge < -0.3 is 4.42 Å². The molecule has 0 N–H and O–H groups in total. The van der Waals surface area contributed by atoms with Crippen LogP contribution in [0.3, 0.4) is 0 Å². The lowest BCUT2D eigenvalue weighted by molar-refractivity contribution is 0.325. The van der Waals surface area contributed by atoms with E-state index in [0.29, 0.717) is 5.71 Å². The average molecular weight is 371 g/mol. The summed E-state index contributed by atoms with van der Waals surface area (Å²) in [6.07, 6.45) is 9.17. The summed E-state index contributed by atoms with van der Waals surface area (Å²) in [5.41, 5.74) is 6.63. The van der Waals surface area contributed by atoms with Gasteiger partial charge in [0.05, 0.1) is 11.1 Å². The van der Waals surface area contributed by atoms with Gasteiger partial charge in [-0.15, -0.1) is 0 Å². The molecule has 1 aliphatic carbocycles. The molecule has 4 heteroatoms. The second-order valence-electron chi connectivity index (χ2n) is 8.61. The van der Waals surface area contributed by atoms with Crippen molar-refractivity contribution in [2.24, 2.45) is 5.92 Å². The van der Waals surface area contributed by atoms with Gasteiger partial charge in [0.1, 0.15) is 5.52 Å². The van der Waals surface area contributed by atoms with Crippen molar-refractivity contribution in [3.63, 3.8) is 0 Å². The van der Waals surface area contributed by atoms with Gasteiger partial charge in [0, 0.05) is 23.7 Å². The molecule has 0 amide bonds. The zero-order valence-electron chi connectivity index (χ0n) is 16.7. The third-order valence-corrected chi connectivity index (χ3v) is 6.49. The van der Waals surface area contributed by atoms with E-state index >= 15 is 0 Å². The van der Waals surface area contributed by atoms with Crippen LogP contribution < -0.4 is 0 Å². The Morgan fingerprint density at radius 1 is 1.04 bits per heavy atom. The number of fused-ring (bicyclic) bond motifs is 3. The van der Waals surface area contributed by atoms with E-state index in [1.54, 1.807) is 0 Å². The van der Waals surface area contributed by atoms with Crippen LogP contribution in [0.4, 0.5) is 0 Å². The number of aryl methyl sites for hydroxylation is 1. The Morgan fingerprint density at radius 2 is 1.86 bits per heavy atom. The van der Waals surface area contributed by atoms with E-state index in [-0.39, 0.29) is 5.41 Å². The van der Waals surface area contributed by atoms with E-state index < -0.39 is 0 Å². The molecule has 1 fully saturated rings. The van der Waals surface area contributed by atoms with Gasteiger partial charge in [-0.1, -0.05) is 26.7 Å². The first-order valence-corrected chi connectivity index (χ1v) is 10.2. The van der Waals surface area contributed by atoms with Crippen molar-refractivity contribution in [3.8, 4) is 11.3 Å². The maximum atomic E-state index is 5.97. The summed E-state index contributed by atoms with van der Waals surface area (Å²) < 4.78 is 5.97. The maximum absolute atomic E-state index is 5.97. The summed E-state index contributed by atoms with van der Waals surface area (Å²) in [7, 11) is 0. The SMILES string of the molecule is Cc1ccc2c(n1)oc1cc(-c3cc(C(C)(C)C4CCCC4)ccn3)cnc12. The van der Waals surface area contributed by atoms with Gasteiger partial charge in [-0.05, 0) is 67.0 Å². The molecule has 142 valence electrons. The molecule has 0 unspecified atom stereocenters. The van der Waals surface area contributed by atoms with Crippen LogP contribution >= 0.6 is 0 Å². The molecule has 4 heterocycles. The van der Waals surface area contributed by atoms with Crippen molar-refractivity contribution in [3.05, 3.63) is 54.0 Å². The molecule has 1 aliphatic rings. The highest BCUT2D eigenvalue weighted by Crippen LogP contribution is 2.42. The standard InChI is InChI=1S/C24H25N3O/c1-15-8-9-19-22-21(28-23(19)27-15)12-16(14-26-22)20-13-18(10-11-25-20)24(2,3)17-6-4-5-7-17/h8-14,17H,4-7H2,1-3H3. The van der Waals surface area contributed by atoms with Crippen LogP contribution in [0, 0.1) is 12.8 Å². The minimum atomic E-state index is 0.159. The Balaban J connectivity index is 1.57. The fraction of sp³-hybridized carbons (Fsp3) is 0.375. The molecule has 4 aromatic heterocycles. The fourth-order valence-corrected chi connectivity index (χ4v) is 4.63. The van der Waals surface area contributed by atoms with Crippen molar-refractivity contribution < 1.29 is 4.42 Å². The van der Waals surface area contributed by atoms with Crippen LogP contribution in [0.25, 0.3) is 33.5 Å². The van der Waals surface area contributed by atoms with Gasteiger partial charge in [0.25, 0.3) is 0 Å². The lowest BCUT2D eigenvalue weighted by atomic mass is 9.72. The molecular formula is C24H25N3O. The minimum absolute atomic E-state index is 0.159. The summed E-state index contributed by atoms with van der Waals surface area (Å²) in [5, 5.41) is 0.955. The highest BCUT2D eigenvalue weighted by atomic mass is 16.3. The molecule has 0 saturated heterocycles. The molecule has 0 spiro atoms. The van der Waals surface area contributed by atoms with E-state index in [2.05, 4.69) is 40.9 Å². The molecule has 0 radical (unpaired) electrons. The van der Waals surface area contributed by atoms with Crippen molar-refractivity contribution in [1.29, 1.82) is 0 Å². The molecule has 0 aliphatic heterocycles. The van der Waals surface area contributed by atoms with E-state index in [1.807, 2.05) is 37.5 Å². The highest BCUT2D eigenvalue weighted by molar-refractivity contribution is 6.01.